The van der Waals surface area contributed by atoms with Crippen molar-refractivity contribution in [1.29, 1.82) is 0 Å². The standard InChI is InChI=1S/C10H14N2O2S/c1-7(2)9(5-11)3-8-4-10(12(13)14)15-6-8/h3-4,6-7H,5,11H2,1-2H3. The zero-order valence-corrected chi connectivity index (χ0v) is 9.58. The maximum atomic E-state index is 10.5. The summed E-state index contributed by atoms with van der Waals surface area (Å²) in [5.41, 5.74) is 7.55. The van der Waals surface area contributed by atoms with Gasteiger partial charge in [-0.25, -0.2) is 0 Å². The van der Waals surface area contributed by atoms with Crippen LogP contribution in [0.4, 0.5) is 5.00 Å². The molecule has 4 nitrogen and oxygen atoms in total. The van der Waals surface area contributed by atoms with Gasteiger partial charge in [-0.05, 0) is 11.5 Å². The Labute approximate surface area is 92.6 Å². The van der Waals surface area contributed by atoms with Gasteiger partial charge in [0.05, 0.1) is 4.92 Å². The van der Waals surface area contributed by atoms with Gasteiger partial charge in [-0.1, -0.05) is 36.8 Å². The summed E-state index contributed by atoms with van der Waals surface area (Å²) < 4.78 is 0. The van der Waals surface area contributed by atoms with Crippen molar-refractivity contribution in [2.24, 2.45) is 11.7 Å². The smallest absolute Gasteiger partial charge is 0.324 e. The van der Waals surface area contributed by atoms with Crippen LogP contribution in [-0.4, -0.2) is 11.5 Å². The van der Waals surface area contributed by atoms with E-state index in [4.69, 9.17) is 5.73 Å². The summed E-state index contributed by atoms with van der Waals surface area (Å²) >= 11 is 1.14. The minimum atomic E-state index is -0.375. The first-order valence-electron chi connectivity index (χ1n) is 4.68. The van der Waals surface area contributed by atoms with Gasteiger partial charge in [-0.2, -0.15) is 0 Å². The first-order valence-corrected chi connectivity index (χ1v) is 5.56. The number of hydrogen-bond donors (Lipinski definition) is 1. The molecule has 0 bridgehead atoms. The molecule has 1 rings (SSSR count). The lowest BCUT2D eigenvalue weighted by atomic mass is 10.0. The van der Waals surface area contributed by atoms with E-state index in [1.54, 1.807) is 11.4 Å². The molecule has 0 saturated carbocycles. The van der Waals surface area contributed by atoms with E-state index in [1.165, 1.54) is 0 Å². The SMILES string of the molecule is CC(C)C(=Cc1csc([N+](=O)[O-])c1)CN. The highest BCUT2D eigenvalue weighted by Crippen LogP contribution is 2.25. The van der Waals surface area contributed by atoms with Crippen LogP contribution in [0, 0.1) is 16.0 Å². The molecule has 0 radical (unpaired) electrons. The molecular formula is C10H14N2O2S. The van der Waals surface area contributed by atoms with E-state index >= 15 is 0 Å². The maximum Gasteiger partial charge on any atom is 0.324 e. The zero-order valence-electron chi connectivity index (χ0n) is 8.77. The molecule has 0 aliphatic rings. The minimum absolute atomic E-state index is 0.168. The number of nitrogens with zero attached hydrogens (tertiary/aromatic N) is 1. The summed E-state index contributed by atoms with van der Waals surface area (Å²) in [6.45, 7) is 4.60. The molecule has 1 heterocycles. The van der Waals surface area contributed by atoms with E-state index < -0.39 is 0 Å². The molecule has 0 aliphatic heterocycles. The van der Waals surface area contributed by atoms with Gasteiger partial charge in [-0.15, -0.1) is 0 Å². The average molecular weight is 226 g/mol. The zero-order chi connectivity index (χ0) is 11.4. The first-order chi connectivity index (χ1) is 7.04. The van der Waals surface area contributed by atoms with Gasteiger partial charge in [-0.3, -0.25) is 10.1 Å². The monoisotopic (exact) mass is 226 g/mol. The molecule has 0 amide bonds. The predicted octanol–water partition coefficient (Wildman–Crippen LogP) is 2.65. The predicted molar refractivity (Wildman–Crippen MR) is 62.8 cm³/mol. The van der Waals surface area contributed by atoms with Crippen molar-refractivity contribution < 1.29 is 4.92 Å². The lowest BCUT2D eigenvalue weighted by Crippen LogP contribution is -2.07. The lowest BCUT2D eigenvalue weighted by Gasteiger charge is -2.07. The Kier molecular flexibility index (Phi) is 3.99. The summed E-state index contributed by atoms with van der Waals surface area (Å²) in [6.07, 6.45) is 1.92. The van der Waals surface area contributed by atoms with E-state index in [9.17, 15) is 10.1 Å². The topological polar surface area (TPSA) is 69.2 Å². The molecule has 1 aromatic rings. The fraction of sp³-hybridized carbons (Fsp3) is 0.400. The van der Waals surface area contributed by atoms with Gasteiger partial charge in [0.2, 0.25) is 0 Å². The molecule has 0 unspecified atom stereocenters. The van der Waals surface area contributed by atoms with Crippen molar-refractivity contribution in [3.63, 3.8) is 0 Å². The molecule has 5 heteroatoms. The third-order valence-corrected chi connectivity index (χ3v) is 3.01. The fourth-order valence-electron chi connectivity index (χ4n) is 1.19. The van der Waals surface area contributed by atoms with Crippen LogP contribution < -0.4 is 5.73 Å². The second-order valence-electron chi connectivity index (χ2n) is 3.55. The van der Waals surface area contributed by atoms with Crippen LogP contribution in [0.1, 0.15) is 19.4 Å². The summed E-state index contributed by atoms with van der Waals surface area (Å²) in [5.74, 6) is 0.369. The van der Waals surface area contributed by atoms with Crippen LogP contribution >= 0.6 is 11.3 Å². The van der Waals surface area contributed by atoms with E-state index in [1.807, 2.05) is 6.08 Å². The largest absolute Gasteiger partial charge is 0.327 e. The highest BCUT2D eigenvalue weighted by molar-refractivity contribution is 7.13. The molecule has 0 atom stereocenters. The van der Waals surface area contributed by atoms with Crippen LogP contribution in [0.15, 0.2) is 17.0 Å². The molecule has 1 aromatic heterocycles. The van der Waals surface area contributed by atoms with Crippen LogP contribution in [0.3, 0.4) is 0 Å². The highest BCUT2D eigenvalue weighted by atomic mass is 32.1. The van der Waals surface area contributed by atoms with Gasteiger partial charge < -0.3 is 5.73 Å². The highest BCUT2D eigenvalue weighted by Gasteiger charge is 2.09. The van der Waals surface area contributed by atoms with Crippen LogP contribution in [-0.2, 0) is 0 Å². The summed E-state index contributed by atoms with van der Waals surface area (Å²) in [5, 5.41) is 12.4. The number of rotatable bonds is 4. The molecule has 2 N–H and O–H groups in total. The third kappa shape index (κ3) is 3.14. The van der Waals surface area contributed by atoms with E-state index in [0.29, 0.717) is 12.5 Å². The van der Waals surface area contributed by atoms with Crippen molar-refractivity contribution in [2.75, 3.05) is 6.54 Å². The van der Waals surface area contributed by atoms with Crippen LogP contribution in [0.25, 0.3) is 6.08 Å². The fourth-order valence-corrected chi connectivity index (χ4v) is 1.87. The molecule has 0 fully saturated rings. The summed E-state index contributed by atoms with van der Waals surface area (Å²) in [6, 6.07) is 1.57. The number of hydrogen-bond acceptors (Lipinski definition) is 4. The molecule has 0 spiro atoms. The molecule has 0 aliphatic carbocycles. The van der Waals surface area contributed by atoms with Crippen molar-refractivity contribution >= 4 is 22.4 Å². The van der Waals surface area contributed by atoms with Crippen molar-refractivity contribution in [3.8, 4) is 0 Å². The maximum absolute atomic E-state index is 10.5. The Morgan fingerprint density at radius 3 is 2.80 bits per heavy atom. The van der Waals surface area contributed by atoms with Crippen LogP contribution in [0.2, 0.25) is 0 Å². The van der Waals surface area contributed by atoms with Gasteiger partial charge in [0, 0.05) is 18.0 Å². The molecule has 0 aromatic carbocycles. The Bertz CT molecular complexity index is 383. The molecule has 15 heavy (non-hydrogen) atoms. The van der Waals surface area contributed by atoms with E-state index in [2.05, 4.69) is 13.8 Å². The van der Waals surface area contributed by atoms with Crippen LogP contribution in [0.5, 0.6) is 0 Å². The van der Waals surface area contributed by atoms with E-state index in [0.717, 1.165) is 22.5 Å². The van der Waals surface area contributed by atoms with E-state index in [-0.39, 0.29) is 9.92 Å². The van der Waals surface area contributed by atoms with Gasteiger partial charge >= 0.3 is 5.00 Å². The first kappa shape index (κ1) is 11.9. The lowest BCUT2D eigenvalue weighted by molar-refractivity contribution is -0.380. The average Bonchev–Trinajstić information content (AvgIpc) is 2.61. The van der Waals surface area contributed by atoms with Gasteiger partial charge in [0.15, 0.2) is 0 Å². The second-order valence-corrected chi connectivity index (χ2v) is 4.44. The van der Waals surface area contributed by atoms with Gasteiger partial charge in [0.1, 0.15) is 0 Å². The molecule has 82 valence electrons. The summed E-state index contributed by atoms with van der Waals surface area (Å²) in [4.78, 5) is 10.1. The van der Waals surface area contributed by atoms with Crippen molar-refractivity contribution in [1.82, 2.24) is 0 Å². The quantitative estimate of drug-likeness (QED) is 0.633. The Balaban J connectivity index is 2.92. The second kappa shape index (κ2) is 5.04. The molecule has 0 saturated heterocycles. The van der Waals surface area contributed by atoms with Gasteiger partial charge in [0.25, 0.3) is 0 Å². The minimum Gasteiger partial charge on any atom is -0.327 e. The van der Waals surface area contributed by atoms with Crippen molar-refractivity contribution in [3.05, 3.63) is 32.7 Å². The Morgan fingerprint density at radius 1 is 1.73 bits per heavy atom. The summed E-state index contributed by atoms with van der Waals surface area (Å²) in [7, 11) is 0. The number of nitrogens with two attached hydrogens (primary N) is 1. The number of thiophene rings is 1. The Hall–Kier alpha value is -1.20. The Morgan fingerprint density at radius 2 is 2.40 bits per heavy atom. The molecular weight excluding hydrogens is 212 g/mol. The third-order valence-electron chi connectivity index (χ3n) is 2.12. The normalized spacial score (nSPS) is 12.1. The van der Waals surface area contributed by atoms with Crippen molar-refractivity contribution in [2.45, 2.75) is 13.8 Å². The number of nitro groups is 1.